The zero-order valence-electron chi connectivity index (χ0n) is 15.3. The van der Waals surface area contributed by atoms with E-state index in [1.165, 1.54) is 11.3 Å². The average Bonchev–Trinajstić information content (AvgIpc) is 2.66. The van der Waals surface area contributed by atoms with Crippen molar-refractivity contribution in [1.29, 1.82) is 0 Å². The number of ether oxygens (including phenoxy) is 1. The van der Waals surface area contributed by atoms with Crippen molar-refractivity contribution in [3.8, 4) is 16.9 Å². The summed E-state index contributed by atoms with van der Waals surface area (Å²) in [6.45, 7) is 0.731. The Kier molecular flexibility index (Phi) is 5.69. The second-order valence-corrected chi connectivity index (χ2v) is 6.78. The summed E-state index contributed by atoms with van der Waals surface area (Å²) in [4.78, 5) is 2.09. The van der Waals surface area contributed by atoms with Crippen LogP contribution in [0.2, 0.25) is 5.02 Å². The molecule has 3 nitrogen and oxygen atoms in total. The largest absolute Gasteiger partial charge is 0.496 e. The lowest BCUT2D eigenvalue weighted by Crippen LogP contribution is -2.09. The third-order valence-corrected chi connectivity index (χ3v) is 4.49. The van der Waals surface area contributed by atoms with Gasteiger partial charge in [0.15, 0.2) is 0 Å². The Bertz CT molecular complexity index is 893. The Morgan fingerprint density at radius 1 is 0.962 bits per heavy atom. The van der Waals surface area contributed by atoms with Crippen LogP contribution in [0.4, 0.5) is 11.4 Å². The van der Waals surface area contributed by atoms with Gasteiger partial charge in [-0.2, -0.15) is 0 Å². The van der Waals surface area contributed by atoms with Crippen molar-refractivity contribution < 1.29 is 4.74 Å². The van der Waals surface area contributed by atoms with Crippen LogP contribution in [-0.4, -0.2) is 21.2 Å². The van der Waals surface area contributed by atoms with Crippen LogP contribution >= 0.6 is 11.6 Å². The first-order valence-electron chi connectivity index (χ1n) is 8.51. The minimum absolute atomic E-state index is 0.716. The fraction of sp³-hybridized carbons (Fsp3) is 0.182. The average molecular weight is 367 g/mol. The van der Waals surface area contributed by atoms with Gasteiger partial charge in [0.05, 0.1) is 7.11 Å². The van der Waals surface area contributed by atoms with Crippen LogP contribution in [0.15, 0.2) is 66.7 Å². The summed E-state index contributed by atoms with van der Waals surface area (Å²) in [5.74, 6) is 0.839. The topological polar surface area (TPSA) is 24.5 Å². The van der Waals surface area contributed by atoms with Crippen LogP contribution in [-0.2, 0) is 6.54 Å². The van der Waals surface area contributed by atoms with Gasteiger partial charge in [0.1, 0.15) is 5.75 Å². The lowest BCUT2D eigenvalue weighted by molar-refractivity contribution is 0.416. The minimum atomic E-state index is 0.716. The molecule has 0 atom stereocenters. The molecular weight excluding hydrogens is 344 g/mol. The highest BCUT2D eigenvalue weighted by Crippen LogP contribution is 2.32. The van der Waals surface area contributed by atoms with Crippen LogP contribution in [0.25, 0.3) is 11.1 Å². The zero-order chi connectivity index (χ0) is 18.5. The Labute approximate surface area is 160 Å². The number of nitrogens with one attached hydrogen (secondary N) is 1. The maximum Gasteiger partial charge on any atom is 0.126 e. The predicted octanol–water partition coefficient (Wildman–Crippen LogP) is 5.69. The highest BCUT2D eigenvalue weighted by atomic mass is 35.5. The molecule has 26 heavy (non-hydrogen) atoms. The van der Waals surface area contributed by atoms with E-state index in [9.17, 15) is 0 Å². The molecule has 0 spiro atoms. The van der Waals surface area contributed by atoms with Gasteiger partial charge in [0.25, 0.3) is 0 Å². The lowest BCUT2D eigenvalue weighted by Gasteiger charge is -2.15. The summed E-state index contributed by atoms with van der Waals surface area (Å²) in [6.07, 6.45) is 0. The zero-order valence-corrected chi connectivity index (χ0v) is 16.0. The van der Waals surface area contributed by atoms with Gasteiger partial charge in [0.2, 0.25) is 0 Å². The molecule has 0 aliphatic carbocycles. The van der Waals surface area contributed by atoms with E-state index in [2.05, 4.69) is 46.6 Å². The molecule has 134 valence electrons. The van der Waals surface area contributed by atoms with Crippen LogP contribution in [0.5, 0.6) is 5.75 Å². The standard InChI is InChI=1S/C22H23ClN2O/c1-25(2)20-9-5-8-19(14-20)24-15-16-10-11-22(26-3)21(12-16)17-6-4-7-18(23)13-17/h4-14,24H,15H2,1-3H3. The molecule has 0 saturated carbocycles. The van der Waals surface area contributed by atoms with Crippen molar-refractivity contribution in [1.82, 2.24) is 0 Å². The van der Waals surface area contributed by atoms with Crippen molar-refractivity contribution in [2.24, 2.45) is 0 Å². The molecule has 0 unspecified atom stereocenters. The highest BCUT2D eigenvalue weighted by Gasteiger charge is 2.08. The Hall–Kier alpha value is -2.65. The summed E-state index contributed by atoms with van der Waals surface area (Å²) >= 11 is 6.15. The molecule has 0 saturated heterocycles. The van der Waals surface area contributed by atoms with E-state index in [0.29, 0.717) is 5.02 Å². The van der Waals surface area contributed by atoms with Gasteiger partial charge in [-0.25, -0.2) is 0 Å². The number of hydrogen-bond acceptors (Lipinski definition) is 3. The van der Waals surface area contributed by atoms with Crippen molar-refractivity contribution in [3.05, 3.63) is 77.3 Å². The van der Waals surface area contributed by atoms with Crippen LogP contribution in [0.3, 0.4) is 0 Å². The molecule has 3 rings (SSSR count). The Morgan fingerprint density at radius 3 is 2.50 bits per heavy atom. The molecule has 0 fully saturated rings. The molecule has 4 heteroatoms. The Balaban J connectivity index is 1.83. The number of hydrogen-bond donors (Lipinski definition) is 1. The van der Waals surface area contributed by atoms with E-state index in [1.807, 2.05) is 44.4 Å². The summed E-state index contributed by atoms with van der Waals surface area (Å²) in [5.41, 5.74) is 5.53. The molecule has 0 aliphatic rings. The maximum absolute atomic E-state index is 6.15. The van der Waals surface area contributed by atoms with Crippen molar-refractivity contribution in [3.63, 3.8) is 0 Å². The number of methoxy groups -OCH3 is 1. The van der Waals surface area contributed by atoms with Gasteiger partial charge in [-0.1, -0.05) is 35.9 Å². The first-order valence-corrected chi connectivity index (χ1v) is 8.89. The second kappa shape index (κ2) is 8.15. The fourth-order valence-corrected chi connectivity index (χ4v) is 3.04. The van der Waals surface area contributed by atoms with Gasteiger partial charge in [0, 0.05) is 42.6 Å². The summed E-state index contributed by atoms with van der Waals surface area (Å²) < 4.78 is 5.53. The molecule has 0 aliphatic heterocycles. The van der Waals surface area contributed by atoms with E-state index >= 15 is 0 Å². The summed E-state index contributed by atoms with van der Waals surface area (Å²) in [6, 6.07) is 22.4. The number of anilines is 2. The molecular formula is C22H23ClN2O. The van der Waals surface area contributed by atoms with Crippen LogP contribution in [0, 0.1) is 0 Å². The first kappa shape index (κ1) is 18.2. The van der Waals surface area contributed by atoms with Gasteiger partial charge < -0.3 is 15.0 Å². The second-order valence-electron chi connectivity index (χ2n) is 6.34. The third-order valence-electron chi connectivity index (χ3n) is 4.26. The SMILES string of the molecule is COc1ccc(CNc2cccc(N(C)C)c2)cc1-c1cccc(Cl)c1. The van der Waals surface area contributed by atoms with Crippen LogP contribution < -0.4 is 15.0 Å². The molecule has 0 amide bonds. The molecule has 0 heterocycles. The first-order chi connectivity index (χ1) is 12.6. The molecule has 1 N–H and O–H groups in total. The quantitative estimate of drug-likeness (QED) is 0.606. The molecule has 3 aromatic carbocycles. The number of halogens is 1. The van der Waals surface area contributed by atoms with Crippen molar-refractivity contribution in [2.45, 2.75) is 6.54 Å². The summed E-state index contributed by atoms with van der Waals surface area (Å²) in [5, 5.41) is 4.21. The molecule has 0 bridgehead atoms. The van der Waals surface area contributed by atoms with Gasteiger partial charge >= 0.3 is 0 Å². The molecule has 0 radical (unpaired) electrons. The van der Waals surface area contributed by atoms with Crippen molar-refractivity contribution in [2.75, 3.05) is 31.4 Å². The van der Waals surface area contributed by atoms with E-state index < -0.39 is 0 Å². The van der Waals surface area contributed by atoms with E-state index in [1.54, 1.807) is 7.11 Å². The predicted molar refractivity (Wildman–Crippen MR) is 112 cm³/mol. The van der Waals surface area contributed by atoms with Gasteiger partial charge in [-0.3, -0.25) is 0 Å². The smallest absolute Gasteiger partial charge is 0.126 e. The Morgan fingerprint density at radius 2 is 1.77 bits per heavy atom. The van der Waals surface area contributed by atoms with Crippen LogP contribution in [0.1, 0.15) is 5.56 Å². The third kappa shape index (κ3) is 4.30. The number of rotatable bonds is 6. The highest BCUT2D eigenvalue weighted by molar-refractivity contribution is 6.30. The molecule has 3 aromatic rings. The normalized spacial score (nSPS) is 10.5. The van der Waals surface area contributed by atoms with Gasteiger partial charge in [-0.15, -0.1) is 0 Å². The van der Waals surface area contributed by atoms with Gasteiger partial charge in [-0.05, 0) is 53.6 Å². The van der Waals surface area contributed by atoms with E-state index in [4.69, 9.17) is 16.3 Å². The fourth-order valence-electron chi connectivity index (χ4n) is 2.84. The molecule has 0 aromatic heterocycles. The number of benzene rings is 3. The maximum atomic E-state index is 6.15. The monoisotopic (exact) mass is 366 g/mol. The summed E-state index contributed by atoms with van der Waals surface area (Å²) in [7, 11) is 5.77. The van der Waals surface area contributed by atoms with E-state index in [0.717, 1.165) is 29.1 Å². The van der Waals surface area contributed by atoms with E-state index in [-0.39, 0.29) is 0 Å². The lowest BCUT2D eigenvalue weighted by atomic mass is 10.0. The van der Waals surface area contributed by atoms with Crippen molar-refractivity contribution >= 4 is 23.0 Å². The minimum Gasteiger partial charge on any atom is -0.496 e. The number of nitrogens with zero attached hydrogens (tertiary/aromatic N) is 1.